The van der Waals surface area contributed by atoms with Crippen molar-refractivity contribution in [1.29, 1.82) is 0 Å². The van der Waals surface area contributed by atoms with Gasteiger partial charge in [-0.25, -0.2) is 4.68 Å². The number of nitrogens with zero attached hydrogens (tertiary/aromatic N) is 4. The van der Waals surface area contributed by atoms with E-state index >= 15 is 0 Å². The first-order chi connectivity index (χ1) is 13.1. The highest BCUT2D eigenvalue weighted by Crippen LogP contribution is 2.37. The highest BCUT2D eigenvalue weighted by molar-refractivity contribution is 7.71. The Kier molecular flexibility index (Phi) is 5.76. The molecule has 1 saturated carbocycles. The molecule has 0 amide bonds. The molecule has 1 aromatic carbocycles. The molecule has 27 heavy (non-hydrogen) atoms. The Bertz CT molecular complexity index is 803. The van der Waals surface area contributed by atoms with Crippen molar-refractivity contribution < 1.29 is 4.74 Å². The van der Waals surface area contributed by atoms with E-state index in [9.17, 15) is 0 Å². The minimum Gasteiger partial charge on any atom is -0.377 e. The van der Waals surface area contributed by atoms with Crippen molar-refractivity contribution in [2.75, 3.05) is 13.2 Å². The van der Waals surface area contributed by atoms with Crippen LogP contribution in [0.2, 0.25) is 0 Å². The maximum Gasteiger partial charge on any atom is 0.199 e. The summed E-state index contributed by atoms with van der Waals surface area (Å²) in [7, 11) is 0. The zero-order chi connectivity index (χ0) is 18.8. The van der Waals surface area contributed by atoms with E-state index in [-0.39, 0.29) is 0 Å². The quantitative estimate of drug-likeness (QED) is 0.625. The molecule has 146 valence electrons. The van der Waals surface area contributed by atoms with Gasteiger partial charge in [-0.3, -0.25) is 4.90 Å². The molecule has 0 spiro atoms. The van der Waals surface area contributed by atoms with Gasteiger partial charge < -0.3 is 9.30 Å². The molecule has 4 rings (SSSR count). The van der Waals surface area contributed by atoms with Crippen LogP contribution in [0.15, 0.2) is 30.3 Å². The van der Waals surface area contributed by atoms with Crippen LogP contribution in [0.5, 0.6) is 0 Å². The van der Waals surface area contributed by atoms with Crippen LogP contribution in [0, 0.1) is 4.77 Å². The van der Waals surface area contributed by atoms with Gasteiger partial charge in [0.15, 0.2) is 4.77 Å². The molecule has 2 aromatic rings. The van der Waals surface area contributed by atoms with Crippen molar-refractivity contribution in [2.24, 2.45) is 0 Å². The minimum absolute atomic E-state index is 0.318. The van der Waals surface area contributed by atoms with Gasteiger partial charge in [-0.1, -0.05) is 44.2 Å². The molecule has 1 aromatic heterocycles. The third-order valence-corrected chi connectivity index (χ3v) is 5.80. The van der Waals surface area contributed by atoms with Crippen LogP contribution >= 0.6 is 12.2 Å². The Morgan fingerprint density at radius 1 is 1.22 bits per heavy atom. The topological polar surface area (TPSA) is 35.2 Å². The number of hydrogen-bond acceptors (Lipinski definition) is 4. The lowest BCUT2D eigenvalue weighted by Crippen LogP contribution is -2.34. The van der Waals surface area contributed by atoms with Gasteiger partial charge in [-0.15, -0.1) is 0 Å². The van der Waals surface area contributed by atoms with Crippen molar-refractivity contribution in [3.8, 4) is 0 Å². The summed E-state index contributed by atoms with van der Waals surface area (Å²) in [4.78, 5) is 2.43. The van der Waals surface area contributed by atoms with Gasteiger partial charge in [0.2, 0.25) is 0 Å². The summed E-state index contributed by atoms with van der Waals surface area (Å²) in [6.07, 6.45) is 5.08. The molecule has 5 nitrogen and oxygen atoms in total. The second-order valence-corrected chi connectivity index (χ2v) is 8.53. The number of aromatic nitrogens is 3. The highest BCUT2D eigenvalue weighted by Gasteiger charge is 2.30. The SMILES string of the molecule is CC(C)c1nn(CN(Cc2ccccc2)C[C@@H]2CCCO2)c(=S)n1C1CC1. The highest BCUT2D eigenvalue weighted by atomic mass is 32.1. The standard InChI is InChI=1S/C21H30N4OS/c1-16(2)20-22-24(21(27)25(20)18-10-11-18)15-23(14-19-9-6-12-26-19)13-17-7-4-3-5-8-17/h3-5,7-8,16,18-19H,6,9-15H2,1-2H3/t19-/m0/s1. The predicted molar refractivity (Wildman–Crippen MR) is 109 cm³/mol. The maximum absolute atomic E-state index is 5.90. The first kappa shape index (κ1) is 18.8. The smallest absolute Gasteiger partial charge is 0.199 e. The second-order valence-electron chi connectivity index (χ2n) is 8.17. The fourth-order valence-corrected chi connectivity index (χ4v) is 4.22. The number of benzene rings is 1. The van der Waals surface area contributed by atoms with Gasteiger partial charge in [-0.05, 0) is 43.5 Å². The Morgan fingerprint density at radius 3 is 2.63 bits per heavy atom. The molecular weight excluding hydrogens is 356 g/mol. The molecule has 1 aliphatic carbocycles. The molecule has 2 fully saturated rings. The van der Waals surface area contributed by atoms with Crippen molar-refractivity contribution in [2.45, 2.75) is 70.8 Å². The average Bonchev–Trinajstić information content (AvgIpc) is 3.26. The summed E-state index contributed by atoms with van der Waals surface area (Å²) >= 11 is 5.82. The van der Waals surface area contributed by atoms with E-state index in [0.717, 1.165) is 43.1 Å². The monoisotopic (exact) mass is 386 g/mol. The number of hydrogen-bond donors (Lipinski definition) is 0. The first-order valence-corrected chi connectivity index (χ1v) is 10.6. The van der Waals surface area contributed by atoms with Crippen molar-refractivity contribution in [1.82, 2.24) is 19.2 Å². The summed E-state index contributed by atoms with van der Waals surface area (Å²) in [5.41, 5.74) is 1.31. The summed E-state index contributed by atoms with van der Waals surface area (Å²) < 4.78 is 11.1. The van der Waals surface area contributed by atoms with Crippen molar-refractivity contribution in [3.63, 3.8) is 0 Å². The third-order valence-electron chi connectivity index (χ3n) is 5.39. The van der Waals surface area contributed by atoms with Crippen LogP contribution in [0.4, 0.5) is 0 Å². The predicted octanol–water partition coefficient (Wildman–Crippen LogP) is 4.51. The molecule has 1 saturated heterocycles. The lowest BCUT2D eigenvalue weighted by atomic mass is 10.2. The third kappa shape index (κ3) is 4.50. The van der Waals surface area contributed by atoms with Crippen molar-refractivity contribution >= 4 is 12.2 Å². The average molecular weight is 387 g/mol. The van der Waals surface area contributed by atoms with Crippen molar-refractivity contribution in [3.05, 3.63) is 46.5 Å². The Morgan fingerprint density at radius 2 is 2.00 bits per heavy atom. The number of ether oxygens (including phenoxy) is 1. The van der Waals surface area contributed by atoms with Crippen LogP contribution in [-0.4, -0.2) is 38.5 Å². The van der Waals surface area contributed by atoms with Crippen LogP contribution < -0.4 is 0 Å². The van der Waals surface area contributed by atoms with E-state index in [2.05, 4.69) is 53.6 Å². The van der Waals surface area contributed by atoms with Gasteiger partial charge in [0.05, 0.1) is 12.8 Å². The minimum atomic E-state index is 0.318. The summed E-state index contributed by atoms with van der Waals surface area (Å²) in [5.74, 6) is 1.51. The molecule has 0 bridgehead atoms. The fraction of sp³-hybridized carbons (Fsp3) is 0.619. The van der Waals surface area contributed by atoms with Gasteiger partial charge >= 0.3 is 0 Å². The molecule has 0 radical (unpaired) electrons. The molecule has 0 N–H and O–H groups in total. The first-order valence-electron chi connectivity index (χ1n) is 10.2. The zero-order valence-electron chi connectivity index (χ0n) is 16.4. The molecular formula is C21H30N4OS. The van der Waals surface area contributed by atoms with Crippen LogP contribution in [0.1, 0.15) is 62.9 Å². The lowest BCUT2D eigenvalue weighted by molar-refractivity contribution is 0.0566. The summed E-state index contributed by atoms with van der Waals surface area (Å²) in [5, 5.41) is 4.92. The van der Waals surface area contributed by atoms with E-state index in [1.165, 1.54) is 18.4 Å². The Labute approximate surface area is 166 Å². The van der Waals surface area contributed by atoms with Gasteiger partial charge in [0.25, 0.3) is 0 Å². The van der Waals surface area contributed by atoms with E-state index in [1.807, 2.05) is 4.68 Å². The van der Waals surface area contributed by atoms with Crippen LogP contribution in [0.25, 0.3) is 0 Å². The van der Waals surface area contributed by atoms with Gasteiger partial charge in [-0.2, -0.15) is 5.10 Å². The maximum atomic E-state index is 5.90. The second kappa shape index (κ2) is 8.25. The summed E-state index contributed by atoms with van der Waals surface area (Å²) in [6, 6.07) is 11.2. The van der Waals surface area contributed by atoms with Gasteiger partial charge in [0.1, 0.15) is 5.82 Å². The van der Waals surface area contributed by atoms with E-state index in [1.54, 1.807) is 0 Å². The molecule has 2 aliphatic rings. The molecule has 2 heterocycles. The van der Waals surface area contributed by atoms with E-state index in [4.69, 9.17) is 22.1 Å². The number of rotatable bonds is 8. The molecule has 0 unspecified atom stereocenters. The van der Waals surface area contributed by atoms with Gasteiger partial charge in [0, 0.05) is 31.7 Å². The lowest BCUT2D eigenvalue weighted by Gasteiger charge is -2.25. The fourth-order valence-electron chi connectivity index (χ4n) is 3.88. The van der Waals surface area contributed by atoms with E-state index in [0.29, 0.717) is 24.7 Å². The summed E-state index contributed by atoms with van der Waals surface area (Å²) in [6.45, 7) is 7.81. The Hall–Kier alpha value is -1.50. The van der Waals surface area contributed by atoms with E-state index < -0.39 is 0 Å². The normalized spacial score (nSPS) is 20.1. The molecule has 1 atom stereocenters. The molecule has 1 aliphatic heterocycles. The zero-order valence-corrected chi connectivity index (χ0v) is 17.2. The van der Waals surface area contributed by atoms with Crippen LogP contribution in [0.3, 0.4) is 0 Å². The molecule has 6 heteroatoms. The largest absolute Gasteiger partial charge is 0.377 e. The Balaban J connectivity index is 1.56. The van der Waals surface area contributed by atoms with Crippen LogP contribution in [-0.2, 0) is 18.0 Å².